The lowest BCUT2D eigenvalue weighted by Gasteiger charge is -2.33. The number of carbonyl (C=O) groups excluding carboxylic acids is 1. The van der Waals surface area contributed by atoms with Gasteiger partial charge in [0.1, 0.15) is 0 Å². The van der Waals surface area contributed by atoms with E-state index < -0.39 is 11.8 Å². The second kappa shape index (κ2) is 10.5. The van der Waals surface area contributed by atoms with Gasteiger partial charge in [-0.15, -0.1) is 0 Å². The van der Waals surface area contributed by atoms with Gasteiger partial charge in [-0.3, -0.25) is 4.79 Å². The van der Waals surface area contributed by atoms with Gasteiger partial charge in [0.15, 0.2) is 11.5 Å². The molecule has 2 aliphatic rings. The van der Waals surface area contributed by atoms with E-state index in [0.717, 1.165) is 12.8 Å². The van der Waals surface area contributed by atoms with Crippen molar-refractivity contribution in [1.82, 2.24) is 15.3 Å². The van der Waals surface area contributed by atoms with E-state index >= 15 is 0 Å². The van der Waals surface area contributed by atoms with Crippen LogP contribution in [-0.4, -0.2) is 59.2 Å². The van der Waals surface area contributed by atoms with Gasteiger partial charge in [-0.1, -0.05) is 26.7 Å². The molecule has 1 saturated heterocycles. The Morgan fingerprint density at radius 3 is 2.61 bits per heavy atom. The molecule has 1 atom stereocenters. The first-order valence-corrected chi connectivity index (χ1v) is 11.3. The van der Waals surface area contributed by atoms with Crippen LogP contribution in [0.4, 0.5) is 14.6 Å². The number of nitrogens with zero attached hydrogens (tertiary/aromatic N) is 3. The van der Waals surface area contributed by atoms with Gasteiger partial charge in [-0.05, 0) is 31.1 Å². The molecule has 2 fully saturated rings. The van der Waals surface area contributed by atoms with E-state index in [1.165, 1.54) is 19.0 Å². The molecule has 0 aromatic carbocycles. The lowest BCUT2D eigenvalue weighted by atomic mass is 10.0. The molecule has 1 saturated carbocycles. The number of aliphatic hydroxyl groups excluding tert-OH is 1. The number of nitrogens with one attached hydrogen (secondary N) is 1. The Morgan fingerprint density at radius 2 is 2.00 bits per heavy atom. The van der Waals surface area contributed by atoms with Crippen LogP contribution in [0.15, 0.2) is 6.20 Å². The molecule has 1 aromatic heterocycles. The van der Waals surface area contributed by atoms with Crippen molar-refractivity contribution < 1.29 is 23.4 Å². The average Bonchev–Trinajstić information content (AvgIpc) is 3.25. The van der Waals surface area contributed by atoms with Gasteiger partial charge in [-0.2, -0.15) is 0 Å². The highest BCUT2D eigenvalue weighted by Gasteiger charge is 2.35. The molecular weight excluding hydrogens is 406 g/mol. The Balaban J connectivity index is 1.76. The van der Waals surface area contributed by atoms with Crippen molar-refractivity contribution in [3.8, 4) is 5.88 Å². The van der Waals surface area contributed by atoms with Crippen molar-refractivity contribution in [2.45, 2.75) is 70.8 Å². The lowest BCUT2D eigenvalue weighted by molar-refractivity contribution is -0.0222. The summed E-state index contributed by atoms with van der Waals surface area (Å²) in [5, 5.41) is 12.3. The summed E-state index contributed by atoms with van der Waals surface area (Å²) in [6, 6.07) is -0.374. The highest BCUT2D eigenvalue weighted by atomic mass is 19.3. The standard InChI is InChI=1S/C22H34F2N4O3/c1-15(2)11-17(13-29)26-20(30)18-12-25-19(28-9-7-22(23,24)8-10-28)21(27-18)31-14-16-5-3-4-6-16/h12,15-17,29H,3-11,13-14H2,1-2H3,(H,26,30)/t17-/m0/s1. The summed E-state index contributed by atoms with van der Waals surface area (Å²) in [5.41, 5.74) is 0.0923. The normalized spacial score (nSPS) is 20.1. The molecule has 174 valence electrons. The summed E-state index contributed by atoms with van der Waals surface area (Å²) in [4.78, 5) is 23.2. The number of halogens is 2. The third-order valence-electron chi connectivity index (χ3n) is 5.99. The fourth-order valence-corrected chi connectivity index (χ4v) is 4.22. The van der Waals surface area contributed by atoms with Gasteiger partial charge < -0.3 is 20.1 Å². The smallest absolute Gasteiger partial charge is 0.271 e. The van der Waals surface area contributed by atoms with Crippen LogP contribution >= 0.6 is 0 Å². The first kappa shape index (κ1) is 23.6. The third-order valence-corrected chi connectivity index (χ3v) is 5.99. The number of amides is 1. The molecule has 0 unspecified atom stereocenters. The van der Waals surface area contributed by atoms with Crippen LogP contribution in [0.25, 0.3) is 0 Å². The molecule has 0 spiro atoms. The molecule has 7 nitrogen and oxygen atoms in total. The maximum absolute atomic E-state index is 13.6. The summed E-state index contributed by atoms with van der Waals surface area (Å²) in [5.74, 6) is -1.73. The molecule has 0 radical (unpaired) electrons. The zero-order chi connectivity index (χ0) is 22.4. The minimum atomic E-state index is -2.66. The first-order valence-electron chi connectivity index (χ1n) is 11.3. The number of alkyl halides is 2. The number of hydrogen-bond donors (Lipinski definition) is 2. The van der Waals surface area contributed by atoms with Crippen LogP contribution in [-0.2, 0) is 0 Å². The number of carbonyl (C=O) groups is 1. The van der Waals surface area contributed by atoms with Gasteiger partial charge in [-0.25, -0.2) is 18.7 Å². The Kier molecular flexibility index (Phi) is 8.02. The van der Waals surface area contributed by atoms with Crippen molar-refractivity contribution in [3.63, 3.8) is 0 Å². The predicted molar refractivity (Wildman–Crippen MR) is 114 cm³/mol. The van der Waals surface area contributed by atoms with Crippen molar-refractivity contribution in [3.05, 3.63) is 11.9 Å². The summed E-state index contributed by atoms with van der Waals surface area (Å²) in [6.45, 7) is 4.66. The summed E-state index contributed by atoms with van der Waals surface area (Å²) >= 11 is 0. The number of anilines is 1. The van der Waals surface area contributed by atoms with Gasteiger partial charge in [0.05, 0.1) is 25.5 Å². The number of aromatic nitrogens is 2. The second-order valence-corrected chi connectivity index (χ2v) is 9.17. The Bertz CT molecular complexity index is 731. The van der Waals surface area contributed by atoms with E-state index in [1.54, 1.807) is 4.90 Å². The van der Waals surface area contributed by atoms with Crippen molar-refractivity contribution in [2.75, 3.05) is 31.2 Å². The Morgan fingerprint density at radius 1 is 1.32 bits per heavy atom. The quantitative estimate of drug-likeness (QED) is 0.612. The maximum atomic E-state index is 13.6. The molecule has 2 N–H and O–H groups in total. The fraction of sp³-hybridized carbons (Fsp3) is 0.773. The van der Waals surface area contributed by atoms with E-state index in [4.69, 9.17) is 4.74 Å². The van der Waals surface area contributed by atoms with Crippen LogP contribution in [0.3, 0.4) is 0 Å². The van der Waals surface area contributed by atoms with Crippen molar-refractivity contribution in [2.24, 2.45) is 11.8 Å². The number of rotatable bonds is 9. The van der Waals surface area contributed by atoms with E-state index in [1.807, 2.05) is 13.8 Å². The zero-order valence-electron chi connectivity index (χ0n) is 18.4. The van der Waals surface area contributed by atoms with Gasteiger partial charge in [0.25, 0.3) is 17.7 Å². The number of hydrogen-bond acceptors (Lipinski definition) is 6. The Hall–Kier alpha value is -2.03. The van der Waals surface area contributed by atoms with E-state index in [-0.39, 0.29) is 50.2 Å². The van der Waals surface area contributed by atoms with E-state index in [9.17, 15) is 18.7 Å². The fourth-order valence-electron chi connectivity index (χ4n) is 4.22. The summed E-state index contributed by atoms with van der Waals surface area (Å²) in [7, 11) is 0. The Labute approximate surface area is 182 Å². The molecular formula is C22H34F2N4O3. The summed E-state index contributed by atoms with van der Waals surface area (Å²) < 4.78 is 33.2. The minimum Gasteiger partial charge on any atom is -0.475 e. The van der Waals surface area contributed by atoms with Gasteiger partial charge >= 0.3 is 0 Å². The van der Waals surface area contributed by atoms with Gasteiger partial charge in [0.2, 0.25) is 0 Å². The predicted octanol–water partition coefficient (Wildman–Crippen LogP) is 3.42. The number of ether oxygens (including phenoxy) is 1. The highest BCUT2D eigenvalue weighted by molar-refractivity contribution is 5.92. The topological polar surface area (TPSA) is 87.6 Å². The monoisotopic (exact) mass is 440 g/mol. The second-order valence-electron chi connectivity index (χ2n) is 9.17. The first-order chi connectivity index (χ1) is 14.8. The van der Waals surface area contributed by atoms with Crippen LogP contribution in [0.2, 0.25) is 0 Å². The highest BCUT2D eigenvalue weighted by Crippen LogP contribution is 2.34. The molecule has 9 heteroatoms. The molecule has 0 bridgehead atoms. The van der Waals surface area contributed by atoms with Crippen molar-refractivity contribution >= 4 is 11.7 Å². The minimum absolute atomic E-state index is 0.0923. The third kappa shape index (κ3) is 6.72. The molecule has 2 heterocycles. The lowest BCUT2D eigenvalue weighted by Crippen LogP contribution is -2.40. The van der Waals surface area contributed by atoms with Gasteiger partial charge in [0, 0.05) is 25.9 Å². The SMILES string of the molecule is CC(C)C[C@@H](CO)NC(=O)c1cnc(N2CCC(F)(F)CC2)c(OCC2CCCC2)n1. The molecule has 1 aliphatic heterocycles. The molecule has 31 heavy (non-hydrogen) atoms. The van der Waals surface area contributed by atoms with E-state index in [0.29, 0.717) is 30.7 Å². The summed E-state index contributed by atoms with van der Waals surface area (Å²) in [6.07, 6.45) is 6.03. The molecule has 3 rings (SSSR count). The molecule has 1 aromatic rings. The van der Waals surface area contributed by atoms with Crippen LogP contribution in [0.5, 0.6) is 5.88 Å². The van der Waals surface area contributed by atoms with Crippen LogP contribution < -0.4 is 15.0 Å². The molecule has 1 aliphatic carbocycles. The largest absolute Gasteiger partial charge is 0.475 e. The average molecular weight is 441 g/mol. The van der Waals surface area contributed by atoms with Crippen molar-refractivity contribution in [1.29, 1.82) is 0 Å². The van der Waals surface area contributed by atoms with Crippen LogP contribution in [0, 0.1) is 11.8 Å². The maximum Gasteiger partial charge on any atom is 0.271 e. The molecule has 1 amide bonds. The van der Waals surface area contributed by atoms with Crippen LogP contribution in [0.1, 0.15) is 69.3 Å². The van der Waals surface area contributed by atoms with E-state index in [2.05, 4.69) is 15.3 Å². The number of aliphatic hydroxyl groups is 1. The number of piperidine rings is 1. The zero-order valence-corrected chi connectivity index (χ0v) is 18.4.